The van der Waals surface area contributed by atoms with Gasteiger partial charge in [-0.3, -0.25) is 4.79 Å². The van der Waals surface area contributed by atoms with Gasteiger partial charge in [0.15, 0.2) is 5.16 Å². The van der Waals surface area contributed by atoms with Crippen LogP contribution < -0.4 is 5.56 Å². The van der Waals surface area contributed by atoms with E-state index in [1.54, 1.807) is 11.8 Å². The lowest BCUT2D eigenvalue weighted by Gasteiger charge is -2.45. The number of fused-ring (bicyclic) bond motifs is 3. The fourth-order valence-corrected chi connectivity index (χ4v) is 6.00. The van der Waals surface area contributed by atoms with E-state index >= 15 is 0 Å². The molecule has 1 aromatic carbocycles. The maximum atomic E-state index is 13.4. The summed E-state index contributed by atoms with van der Waals surface area (Å²) >= 11 is 1.57. The Morgan fingerprint density at radius 3 is 2.75 bits per heavy atom. The summed E-state index contributed by atoms with van der Waals surface area (Å²) in [7, 11) is 0. The molecule has 0 aliphatic heterocycles. The summed E-state index contributed by atoms with van der Waals surface area (Å²) in [5.74, 6) is 1.33. The molecular weight excluding hydrogens is 364 g/mol. The van der Waals surface area contributed by atoms with E-state index in [0.29, 0.717) is 11.1 Å². The molecule has 1 saturated carbocycles. The van der Waals surface area contributed by atoms with Crippen molar-refractivity contribution in [1.82, 2.24) is 9.97 Å². The molecule has 4 heteroatoms. The highest BCUT2D eigenvalue weighted by Crippen LogP contribution is 2.50. The largest absolute Gasteiger partial charge is 0.301 e. The van der Waals surface area contributed by atoms with Crippen molar-refractivity contribution in [3.05, 3.63) is 57.9 Å². The second kappa shape index (κ2) is 7.90. The second-order valence-electron chi connectivity index (χ2n) is 8.52. The lowest BCUT2D eigenvalue weighted by atomic mass is 9.58. The molecule has 0 bridgehead atoms. The number of thioether (sulfide) groups is 1. The minimum Gasteiger partial charge on any atom is -0.301 e. The Balaban J connectivity index is 1.90. The molecule has 2 aliphatic carbocycles. The third-order valence-corrected chi connectivity index (χ3v) is 7.75. The number of hydrogen-bond acceptors (Lipinski definition) is 3. The van der Waals surface area contributed by atoms with E-state index < -0.39 is 0 Å². The zero-order chi connectivity index (χ0) is 19.7. The molecule has 0 unspecified atom stereocenters. The molecule has 2 aliphatic rings. The Morgan fingerprint density at radius 2 is 2.04 bits per heavy atom. The van der Waals surface area contributed by atoms with E-state index in [9.17, 15) is 4.79 Å². The van der Waals surface area contributed by atoms with Crippen LogP contribution in [-0.4, -0.2) is 15.7 Å². The summed E-state index contributed by atoms with van der Waals surface area (Å²) in [6.45, 7) is 8.24. The number of nitrogens with one attached hydrogen (secondary N) is 1. The van der Waals surface area contributed by atoms with Crippen molar-refractivity contribution in [1.29, 1.82) is 0 Å². The first-order valence-corrected chi connectivity index (χ1v) is 11.5. The molecular formula is C24H30N2OS. The minimum atomic E-state index is -0.0950. The Labute approximate surface area is 172 Å². The van der Waals surface area contributed by atoms with Crippen LogP contribution >= 0.6 is 11.8 Å². The summed E-state index contributed by atoms with van der Waals surface area (Å²) in [5, 5.41) is 0.706. The lowest BCUT2D eigenvalue weighted by Crippen LogP contribution is -2.45. The van der Waals surface area contributed by atoms with Crippen LogP contribution in [0.3, 0.4) is 0 Å². The number of hydrogen-bond donors (Lipinski definition) is 1. The monoisotopic (exact) mass is 394 g/mol. The van der Waals surface area contributed by atoms with Crippen molar-refractivity contribution in [3.8, 4) is 11.3 Å². The molecule has 0 saturated heterocycles. The van der Waals surface area contributed by atoms with Crippen molar-refractivity contribution < 1.29 is 0 Å². The van der Waals surface area contributed by atoms with Crippen LogP contribution in [0.25, 0.3) is 11.3 Å². The number of H-pyrrole nitrogens is 1. The fraction of sp³-hybridized carbons (Fsp3) is 0.500. The standard InChI is InChI=1S/C24H30N2OS/c1-4-24(18-11-6-5-7-12-18)14-17-10-8-9-13-19(17)21-20(24)22(27)26-23(25-21)28-15-16(2)3/h8-10,13,18H,2,4-7,11-12,14-15H2,1,3H3,(H,25,26,27)/t24-/m1/s1. The van der Waals surface area contributed by atoms with Crippen molar-refractivity contribution in [2.45, 2.75) is 69.4 Å². The zero-order valence-corrected chi connectivity index (χ0v) is 17.8. The number of nitrogens with zero attached hydrogens (tertiary/aromatic N) is 1. The number of aromatic amines is 1. The highest BCUT2D eigenvalue weighted by atomic mass is 32.2. The van der Waals surface area contributed by atoms with Gasteiger partial charge in [0.1, 0.15) is 0 Å². The average molecular weight is 395 g/mol. The van der Waals surface area contributed by atoms with E-state index in [-0.39, 0.29) is 11.0 Å². The quantitative estimate of drug-likeness (QED) is 0.391. The summed E-state index contributed by atoms with van der Waals surface area (Å²) in [6.07, 6.45) is 8.28. The number of benzene rings is 1. The molecule has 0 spiro atoms. The van der Waals surface area contributed by atoms with Crippen LogP contribution in [0.1, 0.15) is 63.5 Å². The SMILES string of the molecule is C=C(C)CSc1nc2c(c(=O)[nH]1)[C@@](CC)(C1CCCCC1)Cc1ccccc1-2. The van der Waals surface area contributed by atoms with E-state index in [2.05, 4.69) is 42.8 Å². The first-order valence-electron chi connectivity index (χ1n) is 10.6. The first-order chi connectivity index (χ1) is 13.5. The van der Waals surface area contributed by atoms with E-state index in [0.717, 1.165) is 41.0 Å². The van der Waals surface area contributed by atoms with Gasteiger partial charge in [0.2, 0.25) is 0 Å². The van der Waals surface area contributed by atoms with Crippen molar-refractivity contribution in [2.24, 2.45) is 5.92 Å². The predicted molar refractivity (Wildman–Crippen MR) is 118 cm³/mol. The third-order valence-electron chi connectivity index (χ3n) is 6.65. The molecule has 1 atom stereocenters. The van der Waals surface area contributed by atoms with Gasteiger partial charge in [-0.25, -0.2) is 4.98 Å². The molecule has 28 heavy (non-hydrogen) atoms. The van der Waals surface area contributed by atoms with Gasteiger partial charge < -0.3 is 4.98 Å². The van der Waals surface area contributed by atoms with Crippen LogP contribution in [0.4, 0.5) is 0 Å². The van der Waals surface area contributed by atoms with Gasteiger partial charge in [-0.2, -0.15) is 0 Å². The van der Waals surface area contributed by atoms with Crippen LogP contribution in [0.5, 0.6) is 0 Å². The normalized spacial score (nSPS) is 21.8. The highest BCUT2D eigenvalue weighted by molar-refractivity contribution is 7.99. The average Bonchev–Trinajstić information content (AvgIpc) is 2.72. The maximum Gasteiger partial charge on any atom is 0.255 e. The molecule has 1 aromatic heterocycles. The minimum absolute atomic E-state index is 0.0659. The summed E-state index contributed by atoms with van der Waals surface area (Å²) in [5.41, 5.74) is 5.40. The Kier molecular flexibility index (Phi) is 5.50. The number of aromatic nitrogens is 2. The molecule has 3 nitrogen and oxygen atoms in total. The molecule has 4 rings (SSSR count). The third kappa shape index (κ3) is 3.36. The van der Waals surface area contributed by atoms with Crippen molar-refractivity contribution >= 4 is 11.8 Å². The van der Waals surface area contributed by atoms with E-state index in [1.165, 1.54) is 37.7 Å². The Morgan fingerprint density at radius 1 is 1.29 bits per heavy atom. The van der Waals surface area contributed by atoms with Gasteiger partial charge in [-0.15, -0.1) is 0 Å². The summed E-state index contributed by atoms with van der Waals surface area (Å²) in [4.78, 5) is 21.5. The molecule has 1 N–H and O–H groups in total. The van der Waals surface area contributed by atoms with Crippen LogP contribution in [-0.2, 0) is 11.8 Å². The Hall–Kier alpha value is -1.81. The molecule has 148 valence electrons. The van der Waals surface area contributed by atoms with E-state index in [1.807, 2.05) is 6.92 Å². The summed E-state index contributed by atoms with van der Waals surface area (Å²) < 4.78 is 0. The van der Waals surface area contributed by atoms with Gasteiger partial charge in [-0.1, -0.05) is 74.4 Å². The predicted octanol–water partition coefficient (Wildman–Crippen LogP) is 5.89. The van der Waals surface area contributed by atoms with Crippen molar-refractivity contribution in [2.75, 3.05) is 5.75 Å². The van der Waals surface area contributed by atoms with Gasteiger partial charge >= 0.3 is 0 Å². The van der Waals surface area contributed by atoms with E-state index in [4.69, 9.17) is 4.98 Å². The molecule has 0 amide bonds. The van der Waals surface area contributed by atoms with Gasteiger partial charge in [0.25, 0.3) is 5.56 Å². The smallest absolute Gasteiger partial charge is 0.255 e. The topological polar surface area (TPSA) is 45.8 Å². The maximum absolute atomic E-state index is 13.4. The lowest BCUT2D eigenvalue weighted by molar-refractivity contribution is 0.188. The number of rotatable bonds is 5. The van der Waals surface area contributed by atoms with Gasteiger partial charge in [0, 0.05) is 16.7 Å². The van der Waals surface area contributed by atoms with Crippen LogP contribution in [0.15, 0.2) is 46.4 Å². The zero-order valence-electron chi connectivity index (χ0n) is 17.0. The van der Waals surface area contributed by atoms with Crippen LogP contribution in [0, 0.1) is 5.92 Å². The molecule has 1 heterocycles. The highest BCUT2D eigenvalue weighted by Gasteiger charge is 2.46. The first kappa shape index (κ1) is 19.5. The van der Waals surface area contributed by atoms with Crippen LogP contribution in [0.2, 0.25) is 0 Å². The van der Waals surface area contributed by atoms with Gasteiger partial charge in [-0.05, 0) is 44.1 Å². The van der Waals surface area contributed by atoms with Gasteiger partial charge in [0.05, 0.1) is 11.3 Å². The molecule has 2 aromatic rings. The molecule has 1 fully saturated rings. The Bertz CT molecular complexity index is 942. The molecule has 0 radical (unpaired) electrons. The van der Waals surface area contributed by atoms with Crippen molar-refractivity contribution in [3.63, 3.8) is 0 Å². The fourth-order valence-electron chi connectivity index (χ4n) is 5.30. The summed E-state index contributed by atoms with van der Waals surface area (Å²) in [6, 6.07) is 8.55. The second-order valence-corrected chi connectivity index (χ2v) is 9.48.